The van der Waals surface area contributed by atoms with Crippen LogP contribution in [0.4, 0.5) is 27.4 Å². The first-order chi connectivity index (χ1) is 18.8. The average molecular weight is 570 g/mol. The number of likely N-dealkylation sites (N-methyl/N-ethyl adjacent to an activating group) is 1. The highest BCUT2D eigenvalue weighted by Gasteiger charge is 2.26. The molecule has 204 valence electrons. The largest absolute Gasteiger partial charge is 0.367 e. The van der Waals surface area contributed by atoms with Gasteiger partial charge < -0.3 is 19.7 Å². The predicted molar refractivity (Wildman–Crippen MR) is 154 cm³/mol. The van der Waals surface area contributed by atoms with Gasteiger partial charge in [-0.15, -0.1) is 0 Å². The Morgan fingerprint density at radius 3 is 2.59 bits per heavy atom. The van der Waals surface area contributed by atoms with Crippen LogP contribution in [0.5, 0.6) is 0 Å². The van der Waals surface area contributed by atoms with Crippen LogP contribution in [0.2, 0.25) is 5.02 Å². The minimum atomic E-state index is -3.33. The van der Waals surface area contributed by atoms with Crippen LogP contribution >= 0.6 is 11.6 Å². The third kappa shape index (κ3) is 5.13. The molecule has 12 heteroatoms. The Balaban J connectivity index is 1.29. The molecule has 2 aromatic carbocycles. The maximum Gasteiger partial charge on any atom is 0.235 e. The lowest BCUT2D eigenvalue weighted by atomic mass is 10.2. The Bertz CT molecular complexity index is 1640. The smallest absolute Gasteiger partial charge is 0.235 e. The van der Waals surface area contributed by atoms with Crippen LogP contribution in [0, 0.1) is 5.82 Å². The van der Waals surface area contributed by atoms with Gasteiger partial charge in [-0.3, -0.25) is 4.31 Å². The maximum absolute atomic E-state index is 15.1. The number of nitrogens with zero attached hydrogens (tertiary/aromatic N) is 6. The van der Waals surface area contributed by atoms with Crippen molar-refractivity contribution in [1.29, 1.82) is 0 Å². The van der Waals surface area contributed by atoms with E-state index in [4.69, 9.17) is 11.6 Å². The molecule has 39 heavy (non-hydrogen) atoms. The van der Waals surface area contributed by atoms with E-state index in [1.54, 1.807) is 12.3 Å². The number of anilines is 4. The number of piperazine rings is 1. The summed E-state index contributed by atoms with van der Waals surface area (Å²) in [6, 6.07) is 12.3. The molecule has 6 rings (SSSR count). The Morgan fingerprint density at radius 1 is 1.00 bits per heavy atom. The van der Waals surface area contributed by atoms with Crippen LogP contribution in [0.25, 0.3) is 16.7 Å². The second-order valence-corrected chi connectivity index (χ2v) is 12.4. The first kappa shape index (κ1) is 25.8. The summed E-state index contributed by atoms with van der Waals surface area (Å²) in [7, 11) is -1.27. The van der Waals surface area contributed by atoms with Gasteiger partial charge in [-0.25, -0.2) is 17.8 Å². The number of sulfonamides is 1. The van der Waals surface area contributed by atoms with Gasteiger partial charge in [0.25, 0.3) is 0 Å². The molecule has 0 spiro atoms. The predicted octanol–water partition coefficient (Wildman–Crippen LogP) is 4.64. The van der Waals surface area contributed by atoms with Gasteiger partial charge >= 0.3 is 0 Å². The van der Waals surface area contributed by atoms with E-state index in [-0.39, 0.29) is 17.5 Å². The maximum atomic E-state index is 15.1. The van der Waals surface area contributed by atoms with Crippen LogP contribution in [0.15, 0.2) is 54.9 Å². The number of halogens is 2. The second kappa shape index (κ2) is 10.3. The summed E-state index contributed by atoms with van der Waals surface area (Å²) in [5.74, 6) is 0.0667. The molecular weight excluding hydrogens is 541 g/mol. The van der Waals surface area contributed by atoms with Gasteiger partial charge in [0.05, 0.1) is 27.8 Å². The lowest BCUT2D eigenvalue weighted by molar-refractivity contribution is 0.311. The van der Waals surface area contributed by atoms with Crippen LogP contribution in [0.3, 0.4) is 0 Å². The van der Waals surface area contributed by atoms with Crippen molar-refractivity contribution in [3.8, 4) is 5.69 Å². The Kier molecular flexibility index (Phi) is 6.82. The summed E-state index contributed by atoms with van der Waals surface area (Å²) in [4.78, 5) is 13.3. The third-order valence-corrected chi connectivity index (χ3v) is 9.48. The van der Waals surface area contributed by atoms with Gasteiger partial charge in [-0.2, -0.15) is 4.98 Å². The minimum absolute atomic E-state index is 0.158. The SMILES string of the molecule is CN1CCN(c2cc(Cl)c(Nc3ncc4ccn(-c5cccc(N6CCCCS6(=O)=O)c5)c4n3)cc2F)CC1. The molecule has 0 atom stereocenters. The number of fused-ring (bicyclic) bond motifs is 1. The molecule has 0 saturated carbocycles. The highest BCUT2D eigenvalue weighted by molar-refractivity contribution is 7.92. The van der Waals surface area contributed by atoms with E-state index >= 15 is 4.39 Å². The number of hydrogen-bond donors (Lipinski definition) is 1. The monoisotopic (exact) mass is 569 g/mol. The van der Waals surface area contributed by atoms with Crippen molar-refractivity contribution in [3.05, 3.63) is 65.7 Å². The fourth-order valence-corrected chi connectivity index (χ4v) is 6.94. The molecule has 2 aliphatic rings. The summed E-state index contributed by atoms with van der Waals surface area (Å²) in [6.07, 6.45) is 5.06. The van der Waals surface area contributed by atoms with Crippen LogP contribution in [-0.4, -0.2) is 73.4 Å². The minimum Gasteiger partial charge on any atom is -0.367 e. The van der Waals surface area contributed by atoms with Gasteiger partial charge in [0.15, 0.2) is 0 Å². The zero-order valence-electron chi connectivity index (χ0n) is 21.5. The van der Waals surface area contributed by atoms with Crippen molar-refractivity contribution in [2.24, 2.45) is 0 Å². The number of benzene rings is 2. The van der Waals surface area contributed by atoms with Crippen LogP contribution in [0.1, 0.15) is 12.8 Å². The quantitative estimate of drug-likeness (QED) is 0.375. The molecule has 0 radical (unpaired) electrons. The van der Waals surface area contributed by atoms with Crippen molar-refractivity contribution in [2.75, 3.05) is 60.0 Å². The molecule has 9 nitrogen and oxygen atoms in total. The molecule has 0 bridgehead atoms. The van der Waals surface area contributed by atoms with Crippen molar-refractivity contribution < 1.29 is 12.8 Å². The van der Waals surface area contributed by atoms with E-state index in [1.807, 2.05) is 46.0 Å². The first-order valence-electron chi connectivity index (χ1n) is 12.9. The normalized spacial score (nSPS) is 18.0. The molecule has 0 unspecified atom stereocenters. The fourth-order valence-electron chi connectivity index (χ4n) is 5.11. The van der Waals surface area contributed by atoms with E-state index < -0.39 is 10.0 Å². The average Bonchev–Trinajstić information content (AvgIpc) is 3.34. The van der Waals surface area contributed by atoms with E-state index in [9.17, 15) is 8.42 Å². The number of aromatic nitrogens is 3. The lowest BCUT2D eigenvalue weighted by Gasteiger charge is -2.34. The van der Waals surface area contributed by atoms with Crippen molar-refractivity contribution in [3.63, 3.8) is 0 Å². The molecule has 4 heterocycles. The zero-order chi connectivity index (χ0) is 27.1. The second-order valence-electron chi connectivity index (χ2n) is 9.97. The van der Waals surface area contributed by atoms with Gasteiger partial charge in [0.2, 0.25) is 16.0 Å². The zero-order valence-corrected chi connectivity index (χ0v) is 23.1. The topological polar surface area (TPSA) is 86.6 Å². The molecular formula is C27H29ClFN7O2S. The molecule has 4 aromatic rings. The fraction of sp³-hybridized carbons (Fsp3) is 0.333. The summed E-state index contributed by atoms with van der Waals surface area (Å²) in [6.45, 7) is 3.67. The standard InChI is InChI=1S/C27H29ClFN7O2S/c1-33-10-12-34(13-11-33)25-16-22(28)24(17-23(25)29)31-27-30-18-19-7-9-35(26(19)32-27)20-5-4-6-21(15-20)36-8-2-3-14-39(36,37)38/h4-7,9,15-18H,2-3,8,10-14H2,1H3,(H,30,31,32). The third-order valence-electron chi connectivity index (χ3n) is 7.30. The van der Waals surface area contributed by atoms with Crippen molar-refractivity contribution in [1.82, 2.24) is 19.4 Å². The molecule has 0 amide bonds. The first-order valence-corrected chi connectivity index (χ1v) is 14.9. The lowest BCUT2D eigenvalue weighted by Crippen LogP contribution is -2.44. The van der Waals surface area contributed by atoms with Crippen LogP contribution in [-0.2, 0) is 10.0 Å². The summed E-state index contributed by atoms with van der Waals surface area (Å²) in [5.41, 5.74) is 2.88. The van der Waals surface area contributed by atoms with Gasteiger partial charge in [0, 0.05) is 62.3 Å². The summed E-state index contributed by atoms with van der Waals surface area (Å²) < 4.78 is 43.7. The molecule has 0 aliphatic carbocycles. The molecule has 2 aliphatic heterocycles. The number of nitrogens with one attached hydrogen (secondary N) is 1. The van der Waals surface area contributed by atoms with E-state index in [0.717, 1.165) is 43.7 Å². The summed E-state index contributed by atoms with van der Waals surface area (Å²) >= 11 is 6.56. The molecule has 2 saturated heterocycles. The Hall–Kier alpha value is -3.41. The molecule has 2 aromatic heterocycles. The molecule has 1 N–H and O–H groups in total. The number of rotatable bonds is 5. The van der Waals surface area contributed by atoms with E-state index in [1.165, 1.54) is 10.4 Å². The summed E-state index contributed by atoms with van der Waals surface area (Å²) in [5, 5.41) is 4.24. The van der Waals surface area contributed by atoms with Gasteiger partial charge in [-0.05, 0) is 50.2 Å². The van der Waals surface area contributed by atoms with Crippen molar-refractivity contribution in [2.45, 2.75) is 12.8 Å². The Morgan fingerprint density at radius 2 is 1.79 bits per heavy atom. The number of hydrogen-bond acceptors (Lipinski definition) is 7. The van der Waals surface area contributed by atoms with Gasteiger partial charge in [-0.1, -0.05) is 17.7 Å². The highest BCUT2D eigenvalue weighted by Crippen LogP contribution is 2.33. The van der Waals surface area contributed by atoms with Crippen LogP contribution < -0.4 is 14.5 Å². The highest BCUT2D eigenvalue weighted by atomic mass is 35.5. The van der Waals surface area contributed by atoms with E-state index in [0.29, 0.717) is 40.7 Å². The Labute approximate surface area is 231 Å². The van der Waals surface area contributed by atoms with E-state index in [2.05, 4.69) is 27.2 Å². The molecule has 2 fully saturated rings. The van der Waals surface area contributed by atoms with Gasteiger partial charge in [0.1, 0.15) is 11.5 Å². The van der Waals surface area contributed by atoms with Crippen molar-refractivity contribution >= 4 is 55.7 Å².